The lowest BCUT2D eigenvalue weighted by Crippen LogP contribution is -2.29. The van der Waals surface area contributed by atoms with Crippen molar-refractivity contribution >= 4 is 23.2 Å². The normalized spacial score (nSPS) is 22.0. The van der Waals surface area contributed by atoms with Gasteiger partial charge < -0.3 is 10.6 Å². The summed E-state index contributed by atoms with van der Waals surface area (Å²) in [5, 5.41) is 5.86. The van der Waals surface area contributed by atoms with Crippen LogP contribution in [0.5, 0.6) is 0 Å². The molecule has 0 bridgehead atoms. The van der Waals surface area contributed by atoms with Crippen molar-refractivity contribution in [1.29, 1.82) is 0 Å². The summed E-state index contributed by atoms with van der Waals surface area (Å²) in [4.78, 5) is 24.5. The Balaban J connectivity index is 1.38. The van der Waals surface area contributed by atoms with Gasteiger partial charge in [0.05, 0.1) is 12.0 Å². The lowest BCUT2D eigenvalue weighted by atomic mass is 9.94. The lowest BCUT2D eigenvalue weighted by molar-refractivity contribution is -0.120. The van der Waals surface area contributed by atoms with Crippen LogP contribution in [0.3, 0.4) is 0 Å². The van der Waals surface area contributed by atoms with E-state index in [4.69, 9.17) is 0 Å². The van der Waals surface area contributed by atoms with Crippen molar-refractivity contribution in [3.63, 3.8) is 0 Å². The molecule has 1 saturated carbocycles. The number of hydrogen-bond acceptors (Lipinski definition) is 4. The average molecular weight is 350 g/mol. The summed E-state index contributed by atoms with van der Waals surface area (Å²) < 4.78 is 0. The van der Waals surface area contributed by atoms with Crippen LogP contribution in [0.15, 0.2) is 54.6 Å². The van der Waals surface area contributed by atoms with Crippen molar-refractivity contribution in [2.24, 2.45) is 11.8 Å². The Morgan fingerprint density at radius 2 is 1.46 bits per heavy atom. The Bertz CT molecular complexity index is 787. The third-order valence-corrected chi connectivity index (χ3v) is 4.85. The average Bonchev–Trinajstić information content (AvgIpc) is 3.40. The number of carbonyl (C=O) groups is 2. The van der Waals surface area contributed by atoms with Crippen LogP contribution in [0.1, 0.15) is 24.4 Å². The maximum absolute atomic E-state index is 12.7. The van der Waals surface area contributed by atoms with Gasteiger partial charge in [-0.15, -0.1) is 0 Å². The van der Waals surface area contributed by atoms with E-state index in [2.05, 4.69) is 21.5 Å². The van der Waals surface area contributed by atoms with Crippen LogP contribution in [0.25, 0.3) is 0 Å². The quantitative estimate of drug-likeness (QED) is 0.668. The van der Waals surface area contributed by atoms with E-state index in [9.17, 15) is 9.59 Å². The van der Waals surface area contributed by atoms with Crippen molar-refractivity contribution < 1.29 is 9.59 Å². The van der Waals surface area contributed by atoms with E-state index in [-0.39, 0.29) is 29.7 Å². The monoisotopic (exact) mass is 350 g/mol. The van der Waals surface area contributed by atoms with E-state index < -0.39 is 0 Å². The van der Waals surface area contributed by atoms with Gasteiger partial charge in [-0.25, -0.2) is 5.43 Å². The van der Waals surface area contributed by atoms with Crippen LogP contribution in [0, 0.1) is 11.8 Å². The molecule has 2 atom stereocenters. The minimum absolute atomic E-state index is 0.0360. The van der Waals surface area contributed by atoms with Gasteiger partial charge in [-0.05, 0) is 42.7 Å². The first kappa shape index (κ1) is 16.8. The van der Waals surface area contributed by atoms with Gasteiger partial charge in [-0.3, -0.25) is 15.0 Å². The second kappa shape index (κ2) is 7.27. The molecule has 6 heteroatoms. The highest BCUT2D eigenvalue weighted by atomic mass is 16.2. The highest BCUT2D eigenvalue weighted by Crippen LogP contribution is 2.30. The number of amides is 2. The number of nitrogens with one attached hydrogen (secondary N) is 4. The van der Waals surface area contributed by atoms with Crippen molar-refractivity contribution in [2.45, 2.75) is 18.9 Å². The van der Waals surface area contributed by atoms with Crippen LogP contribution in [-0.2, 0) is 9.59 Å². The summed E-state index contributed by atoms with van der Waals surface area (Å²) in [5.74, 6) is 0.0139. The van der Waals surface area contributed by atoms with Gasteiger partial charge in [0.2, 0.25) is 11.8 Å². The van der Waals surface area contributed by atoms with Crippen LogP contribution in [-0.4, -0.2) is 18.4 Å². The molecule has 2 aromatic carbocycles. The molecule has 26 heavy (non-hydrogen) atoms. The van der Waals surface area contributed by atoms with Crippen molar-refractivity contribution in [3.8, 4) is 0 Å². The third-order valence-electron chi connectivity index (χ3n) is 4.85. The Morgan fingerprint density at radius 1 is 0.846 bits per heavy atom. The first-order chi connectivity index (χ1) is 12.7. The zero-order valence-corrected chi connectivity index (χ0v) is 14.4. The number of benzene rings is 2. The molecule has 2 aliphatic rings. The van der Waals surface area contributed by atoms with Crippen molar-refractivity contribution in [3.05, 3.63) is 60.2 Å². The zero-order chi connectivity index (χ0) is 17.9. The molecule has 2 fully saturated rings. The lowest BCUT2D eigenvalue weighted by Gasteiger charge is -2.18. The Kier molecular flexibility index (Phi) is 4.69. The molecule has 2 unspecified atom stereocenters. The maximum Gasteiger partial charge on any atom is 0.230 e. The van der Waals surface area contributed by atoms with E-state index in [1.54, 1.807) is 0 Å². The summed E-state index contributed by atoms with van der Waals surface area (Å²) in [6.07, 6.45) is 1.96. The number of anilines is 2. The van der Waals surface area contributed by atoms with Crippen LogP contribution < -0.4 is 21.5 Å². The summed E-state index contributed by atoms with van der Waals surface area (Å²) in [5.41, 5.74) is 8.81. The van der Waals surface area contributed by atoms with Gasteiger partial charge in [0.15, 0.2) is 0 Å². The summed E-state index contributed by atoms with van der Waals surface area (Å²) >= 11 is 0. The smallest absolute Gasteiger partial charge is 0.230 e. The molecule has 1 saturated heterocycles. The number of hydrazine groups is 1. The van der Waals surface area contributed by atoms with Gasteiger partial charge in [0.25, 0.3) is 0 Å². The molecule has 1 heterocycles. The molecule has 2 aromatic rings. The first-order valence-corrected chi connectivity index (χ1v) is 8.96. The van der Waals surface area contributed by atoms with Gasteiger partial charge in [0, 0.05) is 23.8 Å². The van der Waals surface area contributed by atoms with E-state index in [1.165, 1.54) is 0 Å². The summed E-state index contributed by atoms with van der Waals surface area (Å²) in [6, 6.07) is 17.1. The molecule has 0 spiro atoms. The van der Waals surface area contributed by atoms with Crippen molar-refractivity contribution in [2.75, 3.05) is 17.2 Å². The van der Waals surface area contributed by atoms with Crippen molar-refractivity contribution in [1.82, 2.24) is 10.9 Å². The highest BCUT2D eigenvalue weighted by molar-refractivity contribution is 5.95. The third kappa shape index (κ3) is 3.76. The fourth-order valence-corrected chi connectivity index (χ4v) is 3.18. The molecule has 4 N–H and O–H groups in total. The molecule has 6 nitrogen and oxygen atoms in total. The molecular weight excluding hydrogens is 328 g/mol. The molecule has 2 amide bonds. The summed E-state index contributed by atoms with van der Waals surface area (Å²) in [7, 11) is 0. The van der Waals surface area contributed by atoms with Gasteiger partial charge in [-0.1, -0.05) is 30.3 Å². The largest absolute Gasteiger partial charge is 0.326 e. The van der Waals surface area contributed by atoms with Crippen LogP contribution in [0.4, 0.5) is 11.4 Å². The predicted octanol–water partition coefficient (Wildman–Crippen LogP) is 2.44. The van der Waals surface area contributed by atoms with Gasteiger partial charge in [0.1, 0.15) is 0 Å². The minimum Gasteiger partial charge on any atom is -0.326 e. The standard InChI is InChI=1S/C20H22N4O2/c25-19(14-6-7-14)22-15-8-10-16(11-9-15)23-20(26)17-12-21-24-18(17)13-4-2-1-3-5-13/h1-5,8-11,14,17-18,21,24H,6-7,12H2,(H,22,25)(H,23,26). The second-order valence-electron chi connectivity index (χ2n) is 6.85. The fraction of sp³-hybridized carbons (Fsp3) is 0.300. The molecule has 1 aliphatic heterocycles. The molecule has 4 rings (SSSR count). The number of hydrogen-bond donors (Lipinski definition) is 4. The Morgan fingerprint density at radius 3 is 2.08 bits per heavy atom. The molecule has 1 aliphatic carbocycles. The van der Waals surface area contributed by atoms with E-state index in [0.29, 0.717) is 6.54 Å². The van der Waals surface area contributed by atoms with Gasteiger partial charge in [-0.2, -0.15) is 0 Å². The maximum atomic E-state index is 12.7. The molecule has 0 radical (unpaired) electrons. The minimum atomic E-state index is -0.202. The van der Waals surface area contributed by atoms with Gasteiger partial charge >= 0.3 is 0 Å². The molecular formula is C20H22N4O2. The van der Waals surface area contributed by atoms with E-state index in [1.807, 2.05) is 54.6 Å². The Hall–Kier alpha value is -2.70. The number of rotatable bonds is 5. The van der Waals surface area contributed by atoms with Crippen LogP contribution >= 0.6 is 0 Å². The first-order valence-electron chi connectivity index (χ1n) is 8.96. The SMILES string of the molecule is O=C(Nc1ccc(NC(=O)C2CNNC2c2ccccc2)cc1)C1CC1. The van der Waals surface area contributed by atoms with E-state index >= 15 is 0 Å². The van der Waals surface area contributed by atoms with Crippen LogP contribution in [0.2, 0.25) is 0 Å². The zero-order valence-electron chi connectivity index (χ0n) is 14.4. The molecule has 134 valence electrons. The molecule has 0 aromatic heterocycles. The predicted molar refractivity (Wildman–Crippen MR) is 100 cm³/mol. The van der Waals surface area contributed by atoms with E-state index in [0.717, 1.165) is 29.8 Å². The Labute approximate surface area is 152 Å². The highest BCUT2D eigenvalue weighted by Gasteiger charge is 2.34. The fourth-order valence-electron chi connectivity index (χ4n) is 3.18. The second-order valence-corrected chi connectivity index (χ2v) is 6.85. The topological polar surface area (TPSA) is 82.3 Å². The summed E-state index contributed by atoms with van der Waals surface area (Å²) in [6.45, 7) is 0.570. The number of carbonyl (C=O) groups excluding carboxylic acids is 2.